The summed E-state index contributed by atoms with van der Waals surface area (Å²) in [5.74, 6) is -9.03. The molecule has 8 aliphatic heterocycles. The smallest absolute Gasteiger partial charge is 0.449 e. The van der Waals surface area contributed by atoms with Crippen molar-refractivity contribution in [3.05, 3.63) is 11.3 Å². The number of hydrogen-bond donors (Lipinski definition) is 0. The number of rotatable bonds is 8. The van der Waals surface area contributed by atoms with Gasteiger partial charge in [0, 0.05) is 48.7 Å². The van der Waals surface area contributed by atoms with Crippen LogP contribution in [0, 0.1) is 41.4 Å². The van der Waals surface area contributed by atoms with Gasteiger partial charge in [-0.25, -0.2) is 19.6 Å². The first-order valence-electron chi connectivity index (χ1n) is 18.9. The molecule has 0 amide bonds. The van der Waals surface area contributed by atoms with Gasteiger partial charge in [-0.1, -0.05) is 20.8 Å². The van der Waals surface area contributed by atoms with Gasteiger partial charge in [-0.2, -0.15) is 26.3 Å². The van der Waals surface area contributed by atoms with Gasteiger partial charge in [-0.15, -0.1) is 0 Å². The zero-order chi connectivity index (χ0) is 37.1. The molecule has 0 radical (unpaired) electrons. The summed E-state index contributed by atoms with van der Waals surface area (Å²) in [4.78, 5) is 23.4. The Bertz CT molecular complexity index is 1410. The molecule has 2 saturated carbocycles. The van der Waals surface area contributed by atoms with E-state index in [0.29, 0.717) is 44.9 Å². The molecule has 16 heteroatoms. The van der Waals surface area contributed by atoms with Crippen molar-refractivity contribution in [2.24, 2.45) is 41.4 Å². The van der Waals surface area contributed by atoms with Gasteiger partial charge in [0.1, 0.15) is 0 Å². The van der Waals surface area contributed by atoms with Gasteiger partial charge < -0.3 is 28.4 Å². The Balaban J connectivity index is 0.942. The van der Waals surface area contributed by atoms with Crippen LogP contribution in [0.1, 0.15) is 98.8 Å². The van der Waals surface area contributed by atoms with Crippen LogP contribution in [0.15, 0.2) is 11.3 Å². The molecule has 0 N–H and O–H groups in total. The Morgan fingerprint density at radius 1 is 0.673 bits per heavy atom. The lowest BCUT2D eigenvalue weighted by Gasteiger charge is -2.62. The van der Waals surface area contributed by atoms with Crippen LogP contribution < -0.4 is 0 Å². The van der Waals surface area contributed by atoms with Gasteiger partial charge in [-0.3, -0.25) is 0 Å². The third kappa shape index (κ3) is 5.53. The van der Waals surface area contributed by atoms with E-state index in [4.69, 9.17) is 48.0 Å². The van der Waals surface area contributed by atoms with Crippen molar-refractivity contribution >= 4 is 0 Å². The predicted molar refractivity (Wildman–Crippen MR) is 165 cm³/mol. The Morgan fingerprint density at radius 2 is 1.27 bits per heavy atom. The summed E-state index contributed by atoms with van der Waals surface area (Å²) >= 11 is 0. The fourth-order valence-corrected chi connectivity index (χ4v) is 11.1. The van der Waals surface area contributed by atoms with Gasteiger partial charge in [-0.05, 0) is 83.0 Å². The van der Waals surface area contributed by atoms with E-state index in [9.17, 15) is 13.2 Å². The van der Waals surface area contributed by atoms with Gasteiger partial charge in [0.2, 0.25) is 23.6 Å². The molecule has 10 aliphatic rings. The van der Waals surface area contributed by atoms with Crippen molar-refractivity contribution in [3.8, 4) is 0 Å². The third-order valence-electron chi connectivity index (χ3n) is 13.8. The molecule has 2 spiro atoms. The summed E-state index contributed by atoms with van der Waals surface area (Å²) in [6.45, 7) is 8.15. The van der Waals surface area contributed by atoms with Crippen LogP contribution in [0.3, 0.4) is 0 Å². The topological polar surface area (TPSA) is 92.3 Å². The molecule has 52 heavy (non-hydrogen) atoms. The molecule has 4 bridgehead atoms. The predicted octanol–water partition coefficient (Wildman–Crippen LogP) is 8.00. The minimum atomic E-state index is -4.90. The van der Waals surface area contributed by atoms with Crippen molar-refractivity contribution in [2.75, 3.05) is 19.8 Å². The quantitative estimate of drug-likeness (QED) is 0.138. The normalized spacial score (nSPS) is 49.9. The molecular weight excluding hydrogens is 706 g/mol. The highest BCUT2D eigenvalue weighted by Gasteiger charge is 2.77. The molecule has 0 aromatic carbocycles. The van der Waals surface area contributed by atoms with Gasteiger partial charge in [0.15, 0.2) is 17.5 Å². The van der Waals surface area contributed by atoms with E-state index in [0.717, 1.165) is 6.42 Å². The average molecular weight is 757 g/mol. The van der Waals surface area contributed by atoms with E-state index < -0.39 is 83.6 Å². The van der Waals surface area contributed by atoms with Crippen molar-refractivity contribution < 1.29 is 74.3 Å². The van der Waals surface area contributed by atoms with Crippen LogP contribution in [-0.2, 0) is 48.0 Å². The summed E-state index contributed by atoms with van der Waals surface area (Å²) in [6, 6.07) is 0. The molecule has 10 rings (SSSR count). The SMILES string of the molecule is C[C@@H]1CC[C@H]2C(COCCCCO[C@@]3(C(F)(F)F)O[C@@H]4O[C@@]5(C)CCC6[C@H](C)CC[C@@H]([C@H]3C)[C@]64OO5)=C(C(F)(F)F)O[C@@H]3O[C@@]4(C)CCC1[C@]32OO4. The number of unbranched alkanes of at least 4 members (excludes halogenated alkanes) is 1. The molecule has 296 valence electrons. The van der Waals surface area contributed by atoms with E-state index in [2.05, 4.69) is 13.8 Å². The number of hydrogen-bond acceptors (Lipinski definition) is 10. The van der Waals surface area contributed by atoms with Crippen molar-refractivity contribution in [1.29, 1.82) is 0 Å². The lowest BCUT2D eigenvalue weighted by atomic mass is 9.57. The fourth-order valence-electron chi connectivity index (χ4n) is 11.1. The second-order valence-electron chi connectivity index (χ2n) is 16.9. The van der Waals surface area contributed by atoms with E-state index in [-0.39, 0.29) is 55.3 Å². The maximum atomic E-state index is 15.1. The maximum Gasteiger partial charge on any atom is 0.449 e. The monoisotopic (exact) mass is 756 g/mol. The summed E-state index contributed by atoms with van der Waals surface area (Å²) in [6.07, 6.45) is -7.54. The minimum Gasteiger partial charge on any atom is -0.456 e. The maximum absolute atomic E-state index is 15.1. The summed E-state index contributed by atoms with van der Waals surface area (Å²) in [7, 11) is 0. The molecule has 14 atom stereocenters. The van der Waals surface area contributed by atoms with Crippen LogP contribution in [-0.4, -0.2) is 73.3 Å². The Hall–Kier alpha value is -1.24. The molecular formula is C36H50F6O10. The highest BCUT2D eigenvalue weighted by molar-refractivity contribution is 5.28. The number of fused-ring (bicyclic) bond motifs is 4. The van der Waals surface area contributed by atoms with Crippen LogP contribution in [0.2, 0.25) is 0 Å². The molecule has 0 aromatic heterocycles. The zero-order valence-electron chi connectivity index (χ0n) is 30.2. The van der Waals surface area contributed by atoms with Crippen molar-refractivity contribution in [2.45, 2.75) is 152 Å². The molecule has 9 fully saturated rings. The standard InChI is InChI=1S/C36H50F6O10/c1-19-8-10-25-21(3)34(36(40,41)42,48-29-32(25)23(19)12-15-31(5,47-29)50-51-32)44-17-7-6-16-43-18-22-26-11-9-20(2)24-13-14-30(4)46-28(33(24,26)52-49-30)45-27(22)35(37,38)39/h19-21,23-26,28-29H,6-18H2,1-5H3/t19-,20-,21-,23?,24?,25+,26+,28-,29+,30-,31-,32-,33-,34-/m1/s1. The van der Waals surface area contributed by atoms with Gasteiger partial charge in [0.05, 0.1) is 13.2 Å². The highest BCUT2D eigenvalue weighted by Crippen LogP contribution is 2.65. The summed E-state index contributed by atoms with van der Waals surface area (Å²) in [5, 5.41) is 0. The average Bonchev–Trinajstić information content (AvgIpc) is 3.44. The van der Waals surface area contributed by atoms with E-state index in [1.165, 1.54) is 6.92 Å². The fraction of sp³-hybridized carbons (Fsp3) is 0.944. The van der Waals surface area contributed by atoms with Crippen molar-refractivity contribution in [3.63, 3.8) is 0 Å². The van der Waals surface area contributed by atoms with E-state index in [1.807, 2.05) is 0 Å². The molecule has 2 aliphatic carbocycles. The number of halogens is 6. The Morgan fingerprint density at radius 3 is 1.92 bits per heavy atom. The van der Waals surface area contributed by atoms with Crippen LogP contribution in [0.4, 0.5) is 26.3 Å². The first-order valence-corrected chi connectivity index (χ1v) is 18.9. The first-order chi connectivity index (χ1) is 24.4. The summed E-state index contributed by atoms with van der Waals surface area (Å²) in [5.41, 5.74) is -2.53. The minimum absolute atomic E-state index is 0.0249. The summed E-state index contributed by atoms with van der Waals surface area (Å²) < 4.78 is 124. The molecule has 8 heterocycles. The molecule has 10 nitrogen and oxygen atoms in total. The van der Waals surface area contributed by atoms with E-state index in [1.54, 1.807) is 13.8 Å². The molecule has 2 unspecified atom stereocenters. The van der Waals surface area contributed by atoms with Crippen LogP contribution in [0.5, 0.6) is 0 Å². The Labute approximate surface area is 299 Å². The molecule has 0 aromatic rings. The second-order valence-corrected chi connectivity index (χ2v) is 16.9. The second kappa shape index (κ2) is 12.6. The van der Waals surface area contributed by atoms with Crippen molar-refractivity contribution in [1.82, 2.24) is 0 Å². The lowest BCUT2D eigenvalue weighted by molar-refractivity contribution is -0.598. The van der Waals surface area contributed by atoms with Gasteiger partial charge >= 0.3 is 12.4 Å². The van der Waals surface area contributed by atoms with E-state index >= 15 is 13.2 Å². The third-order valence-corrected chi connectivity index (χ3v) is 13.8. The highest BCUT2D eigenvalue weighted by atomic mass is 19.4. The Kier molecular flexibility index (Phi) is 9.15. The van der Waals surface area contributed by atoms with Gasteiger partial charge in [0.25, 0.3) is 5.79 Å². The number of ether oxygens (including phenoxy) is 6. The lowest BCUT2D eigenvalue weighted by Crippen LogP contribution is -2.76. The van der Waals surface area contributed by atoms with Crippen LogP contribution >= 0.6 is 0 Å². The largest absolute Gasteiger partial charge is 0.456 e. The number of allylic oxidation sites excluding steroid dienone is 1. The molecule has 7 saturated heterocycles. The first kappa shape index (κ1) is 37.7. The zero-order valence-corrected chi connectivity index (χ0v) is 30.2. The number of alkyl halides is 6. The van der Waals surface area contributed by atoms with Crippen LogP contribution in [0.25, 0.3) is 0 Å².